The van der Waals surface area contributed by atoms with E-state index in [9.17, 15) is 14.5 Å². The van der Waals surface area contributed by atoms with Crippen LogP contribution in [0.4, 0.5) is 21.6 Å². The summed E-state index contributed by atoms with van der Waals surface area (Å²) in [5, 5.41) is 21.5. The third kappa shape index (κ3) is 3.91. The molecule has 0 bridgehead atoms. The van der Waals surface area contributed by atoms with Crippen molar-refractivity contribution in [1.29, 1.82) is 5.26 Å². The number of rotatable bonds is 4. The monoisotopic (exact) mass is 353 g/mol. The lowest BCUT2D eigenvalue weighted by atomic mass is 10.2. The van der Waals surface area contributed by atoms with Crippen LogP contribution in [0.15, 0.2) is 24.4 Å². The first-order valence-corrected chi connectivity index (χ1v) is 6.67. The molecule has 0 spiro atoms. The Bertz CT molecular complexity index is 828. The number of nitrogens with one attached hydrogen (secondary N) is 1. The van der Waals surface area contributed by atoms with E-state index < -0.39 is 16.4 Å². The van der Waals surface area contributed by atoms with Crippen molar-refractivity contribution in [3.63, 3.8) is 0 Å². The number of nitriles is 1. The number of hydrogen-bond acceptors (Lipinski definition) is 6. The molecule has 0 saturated carbocycles. The SMILES string of the molecule is N#CC=Cc1cc(F)c(Nc2nc(Cl)ncc2[N+](=O)[O-])c(Cl)c1. The van der Waals surface area contributed by atoms with Gasteiger partial charge in [0.25, 0.3) is 0 Å². The van der Waals surface area contributed by atoms with Crippen LogP contribution in [0.1, 0.15) is 5.56 Å². The topological polar surface area (TPSA) is 105 Å². The first-order chi connectivity index (χ1) is 10.9. The fourth-order valence-electron chi connectivity index (χ4n) is 1.64. The molecule has 7 nitrogen and oxygen atoms in total. The lowest BCUT2D eigenvalue weighted by molar-refractivity contribution is -0.384. The van der Waals surface area contributed by atoms with Gasteiger partial charge < -0.3 is 5.32 Å². The highest BCUT2D eigenvalue weighted by molar-refractivity contribution is 6.33. The zero-order valence-electron chi connectivity index (χ0n) is 11.1. The van der Waals surface area contributed by atoms with Crippen LogP contribution < -0.4 is 5.32 Å². The van der Waals surface area contributed by atoms with Crippen molar-refractivity contribution in [3.8, 4) is 6.07 Å². The second-order valence-corrected chi connectivity index (χ2v) is 4.82. The number of aromatic nitrogens is 2. The number of hydrogen-bond donors (Lipinski definition) is 1. The third-order valence-corrected chi connectivity index (χ3v) is 3.08. The van der Waals surface area contributed by atoms with Gasteiger partial charge in [-0.15, -0.1) is 0 Å². The summed E-state index contributed by atoms with van der Waals surface area (Å²) in [5.41, 5.74) is -0.341. The van der Waals surface area contributed by atoms with Gasteiger partial charge in [-0.1, -0.05) is 11.6 Å². The summed E-state index contributed by atoms with van der Waals surface area (Å²) in [7, 11) is 0. The minimum absolute atomic E-state index is 0.0494. The van der Waals surface area contributed by atoms with Crippen LogP contribution in [0.3, 0.4) is 0 Å². The van der Waals surface area contributed by atoms with Gasteiger partial charge in [0.1, 0.15) is 12.0 Å². The van der Waals surface area contributed by atoms with E-state index in [4.69, 9.17) is 28.5 Å². The van der Waals surface area contributed by atoms with Crippen molar-refractivity contribution in [2.45, 2.75) is 0 Å². The van der Waals surface area contributed by atoms with Crippen LogP contribution in [0.2, 0.25) is 10.3 Å². The van der Waals surface area contributed by atoms with Crippen LogP contribution >= 0.6 is 23.2 Å². The molecule has 1 aromatic heterocycles. The summed E-state index contributed by atoms with van der Waals surface area (Å²) in [6, 6.07) is 4.26. The highest BCUT2D eigenvalue weighted by Gasteiger charge is 2.20. The Morgan fingerprint density at radius 3 is 2.78 bits per heavy atom. The van der Waals surface area contributed by atoms with E-state index >= 15 is 0 Å². The number of benzene rings is 1. The third-order valence-electron chi connectivity index (χ3n) is 2.59. The smallest absolute Gasteiger partial charge is 0.329 e. The standard InChI is InChI=1S/C13H6Cl2FN5O2/c14-8-4-7(2-1-3-17)5-9(16)11(8)19-12-10(21(22)23)6-18-13(15)20-12/h1-2,4-6H,(H,18,19,20). The number of anilines is 2. The normalized spacial score (nSPS) is 10.5. The minimum atomic E-state index is -0.779. The van der Waals surface area contributed by atoms with Crippen molar-refractivity contribution in [1.82, 2.24) is 9.97 Å². The Hall–Kier alpha value is -2.76. The molecule has 0 saturated heterocycles. The number of allylic oxidation sites excluding steroid dienone is 1. The summed E-state index contributed by atoms with van der Waals surface area (Å²) < 4.78 is 14.1. The molecule has 2 aromatic rings. The van der Waals surface area contributed by atoms with E-state index in [0.29, 0.717) is 5.56 Å². The number of halogens is 3. The molecule has 2 rings (SSSR count). The number of nitrogens with zero attached hydrogens (tertiary/aromatic N) is 4. The molecule has 0 fully saturated rings. The van der Waals surface area contributed by atoms with Gasteiger partial charge in [0, 0.05) is 6.08 Å². The first-order valence-electron chi connectivity index (χ1n) is 5.91. The summed E-state index contributed by atoms with van der Waals surface area (Å²) in [6.45, 7) is 0. The van der Waals surface area contributed by atoms with Crippen LogP contribution in [0.5, 0.6) is 0 Å². The molecule has 0 amide bonds. The van der Waals surface area contributed by atoms with E-state index in [2.05, 4.69) is 15.3 Å². The summed E-state index contributed by atoms with van der Waals surface area (Å²) in [5.74, 6) is -1.07. The van der Waals surface area contributed by atoms with E-state index in [1.807, 2.05) is 0 Å². The molecule has 116 valence electrons. The average molecular weight is 354 g/mol. The van der Waals surface area contributed by atoms with Gasteiger partial charge >= 0.3 is 5.69 Å². The second-order valence-electron chi connectivity index (χ2n) is 4.08. The van der Waals surface area contributed by atoms with Gasteiger partial charge in [-0.25, -0.2) is 9.37 Å². The predicted octanol–water partition coefficient (Wildman–Crippen LogP) is 4.11. The van der Waals surface area contributed by atoms with Gasteiger partial charge in [-0.2, -0.15) is 10.2 Å². The van der Waals surface area contributed by atoms with Gasteiger partial charge in [-0.05, 0) is 35.4 Å². The van der Waals surface area contributed by atoms with Gasteiger partial charge in [-0.3, -0.25) is 10.1 Å². The molecule has 0 atom stereocenters. The highest BCUT2D eigenvalue weighted by atomic mass is 35.5. The molecule has 0 aliphatic carbocycles. The van der Waals surface area contributed by atoms with Crippen LogP contribution in [0.25, 0.3) is 6.08 Å². The maximum atomic E-state index is 14.1. The molecular formula is C13H6Cl2FN5O2. The molecule has 10 heteroatoms. The fourth-order valence-corrected chi connectivity index (χ4v) is 2.04. The minimum Gasteiger partial charge on any atom is -0.331 e. The average Bonchev–Trinajstić information content (AvgIpc) is 2.48. The van der Waals surface area contributed by atoms with Gasteiger partial charge in [0.2, 0.25) is 11.1 Å². The van der Waals surface area contributed by atoms with Gasteiger partial charge in [0.05, 0.1) is 21.7 Å². The summed E-state index contributed by atoms with van der Waals surface area (Å²) >= 11 is 11.6. The molecular weight excluding hydrogens is 348 g/mol. The molecule has 1 N–H and O–H groups in total. The van der Waals surface area contributed by atoms with Crippen molar-refractivity contribution in [2.24, 2.45) is 0 Å². The van der Waals surface area contributed by atoms with Crippen molar-refractivity contribution >= 4 is 46.5 Å². The molecule has 0 aliphatic rings. The second kappa shape index (κ2) is 7.00. The quantitative estimate of drug-likeness (QED) is 0.383. The molecule has 0 aliphatic heterocycles. The largest absolute Gasteiger partial charge is 0.331 e. The number of nitro groups is 1. The lowest BCUT2D eigenvalue weighted by Gasteiger charge is -2.10. The zero-order chi connectivity index (χ0) is 17.0. The Morgan fingerprint density at radius 2 is 2.17 bits per heavy atom. The van der Waals surface area contributed by atoms with E-state index in [1.54, 1.807) is 6.07 Å². The Morgan fingerprint density at radius 1 is 1.43 bits per heavy atom. The van der Waals surface area contributed by atoms with E-state index in [1.165, 1.54) is 12.1 Å². The lowest BCUT2D eigenvalue weighted by Crippen LogP contribution is -2.03. The molecule has 1 aromatic carbocycles. The van der Waals surface area contributed by atoms with Crippen LogP contribution in [0, 0.1) is 27.3 Å². The van der Waals surface area contributed by atoms with Crippen LogP contribution in [-0.4, -0.2) is 14.9 Å². The maximum absolute atomic E-state index is 14.1. The zero-order valence-corrected chi connectivity index (χ0v) is 12.6. The Balaban J connectivity index is 2.46. The maximum Gasteiger partial charge on any atom is 0.329 e. The first kappa shape index (κ1) is 16.6. The Labute approximate surface area is 139 Å². The molecule has 0 unspecified atom stereocenters. The summed E-state index contributed by atoms with van der Waals surface area (Å²) in [4.78, 5) is 17.4. The molecule has 1 heterocycles. The van der Waals surface area contributed by atoms with E-state index in [-0.39, 0.29) is 21.8 Å². The van der Waals surface area contributed by atoms with Gasteiger partial charge in [0.15, 0.2) is 0 Å². The Kier molecular flexibility index (Phi) is 5.05. The van der Waals surface area contributed by atoms with Crippen molar-refractivity contribution in [2.75, 3.05) is 5.32 Å². The molecule has 23 heavy (non-hydrogen) atoms. The predicted molar refractivity (Wildman–Crippen MR) is 83.0 cm³/mol. The van der Waals surface area contributed by atoms with Crippen LogP contribution in [-0.2, 0) is 0 Å². The molecule has 0 radical (unpaired) electrons. The van der Waals surface area contributed by atoms with E-state index in [0.717, 1.165) is 18.3 Å². The summed E-state index contributed by atoms with van der Waals surface area (Å²) in [6.07, 6.45) is 3.42. The van der Waals surface area contributed by atoms with Crippen molar-refractivity contribution < 1.29 is 9.31 Å². The fraction of sp³-hybridized carbons (Fsp3) is 0. The highest BCUT2D eigenvalue weighted by Crippen LogP contribution is 2.33. The van der Waals surface area contributed by atoms with Crippen molar-refractivity contribution in [3.05, 3.63) is 56.2 Å².